The smallest absolute Gasteiger partial charge is 0.408 e. The summed E-state index contributed by atoms with van der Waals surface area (Å²) in [7, 11) is 0. The van der Waals surface area contributed by atoms with Gasteiger partial charge in [0.05, 0.1) is 0 Å². The van der Waals surface area contributed by atoms with Crippen LogP contribution < -0.4 is 5.32 Å². The van der Waals surface area contributed by atoms with Gasteiger partial charge in [-0.3, -0.25) is 0 Å². The van der Waals surface area contributed by atoms with E-state index in [1.54, 1.807) is 0 Å². The molecule has 0 aliphatic carbocycles. The second-order valence-corrected chi connectivity index (χ2v) is 3.51. The SMILES string of the molecule is O=C1N[C@H](c2ccc(O)cc2)C(F)(F)CO1. The Morgan fingerprint density at radius 2 is 2.00 bits per heavy atom. The predicted octanol–water partition coefficient (Wildman–Crippen LogP) is 1.81. The normalized spacial score (nSPS) is 23.4. The third-order valence-corrected chi connectivity index (χ3v) is 2.31. The summed E-state index contributed by atoms with van der Waals surface area (Å²) >= 11 is 0. The summed E-state index contributed by atoms with van der Waals surface area (Å²) in [5.74, 6) is -3.18. The van der Waals surface area contributed by atoms with Crippen molar-refractivity contribution in [1.29, 1.82) is 0 Å². The first kappa shape index (κ1) is 10.7. The van der Waals surface area contributed by atoms with Gasteiger partial charge < -0.3 is 15.2 Å². The van der Waals surface area contributed by atoms with Crippen molar-refractivity contribution in [3.05, 3.63) is 29.8 Å². The molecule has 0 saturated carbocycles. The number of carbonyl (C=O) groups excluding carboxylic acids is 1. The molecule has 1 amide bonds. The summed E-state index contributed by atoms with van der Waals surface area (Å²) in [5, 5.41) is 11.1. The Bertz CT molecular complexity index is 405. The number of alkyl halides is 2. The van der Waals surface area contributed by atoms with E-state index in [2.05, 4.69) is 4.74 Å². The number of ether oxygens (including phenoxy) is 1. The highest BCUT2D eigenvalue weighted by Crippen LogP contribution is 2.34. The number of phenolic OH excluding ortho intramolecular Hbond substituents is 1. The van der Waals surface area contributed by atoms with Crippen LogP contribution in [0.15, 0.2) is 24.3 Å². The second-order valence-electron chi connectivity index (χ2n) is 3.51. The number of aromatic hydroxyl groups is 1. The van der Waals surface area contributed by atoms with E-state index >= 15 is 0 Å². The molecule has 6 heteroatoms. The number of cyclic esters (lactones) is 1. The number of amides is 1. The van der Waals surface area contributed by atoms with Crippen LogP contribution in [0, 0.1) is 0 Å². The Morgan fingerprint density at radius 3 is 2.62 bits per heavy atom. The van der Waals surface area contributed by atoms with Gasteiger partial charge in [0, 0.05) is 0 Å². The van der Waals surface area contributed by atoms with Crippen molar-refractivity contribution in [1.82, 2.24) is 5.32 Å². The van der Waals surface area contributed by atoms with Crippen molar-refractivity contribution >= 4 is 6.09 Å². The molecule has 1 aromatic rings. The topological polar surface area (TPSA) is 58.6 Å². The molecule has 1 heterocycles. The van der Waals surface area contributed by atoms with Crippen molar-refractivity contribution in [3.8, 4) is 5.75 Å². The fraction of sp³-hybridized carbons (Fsp3) is 0.300. The number of rotatable bonds is 1. The van der Waals surface area contributed by atoms with Gasteiger partial charge in [0.25, 0.3) is 0 Å². The molecule has 0 bridgehead atoms. The third kappa shape index (κ3) is 1.91. The molecule has 0 aromatic heterocycles. The lowest BCUT2D eigenvalue weighted by Gasteiger charge is -2.31. The van der Waals surface area contributed by atoms with Gasteiger partial charge in [-0.1, -0.05) is 12.1 Å². The van der Waals surface area contributed by atoms with Gasteiger partial charge in [-0.05, 0) is 17.7 Å². The van der Waals surface area contributed by atoms with Crippen molar-refractivity contribution in [2.24, 2.45) is 0 Å². The zero-order valence-corrected chi connectivity index (χ0v) is 8.11. The first-order chi connectivity index (χ1) is 7.49. The Morgan fingerprint density at radius 1 is 1.38 bits per heavy atom. The van der Waals surface area contributed by atoms with E-state index in [0.717, 1.165) is 0 Å². The molecule has 1 aliphatic rings. The Labute approximate surface area is 89.8 Å². The van der Waals surface area contributed by atoms with Crippen LogP contribution in [0.5, 0.6) is 5.75 Å². The molecule has 1 aromatic carbocycles. The third-order valence-electron chi connectivity index (χ3n) is 2.31. The molecule has 4 nitrogen and oxygen atoms in total. The predicted molar refractivity (Wildman–Crippen MR) is 50.3 cm³/mol. The van der Waals surface area contributed by atoms with Crippen LogP contribution >= 0.6 is 0 Å². The lowest BCUT2D eigenvalue weighted by atomic mass is 10.00. The van der Waals surface area contributed by atoms with Crippen LogP contribution in [0.4, 0.5) is 13.6 Å². The van der Waals surface area contributed by atoms with Gasteiger partial charge in [-0.15, -0.1) is 0 Å². The van der Waals surface area contributed by atoms with Crippen LogP contribution in [-0.4, -0.2) is 23.7 Å². The standard InChI is InChI=1S/C10H9F2NO3/c11-10(12)5-16-9(15)13-8(10)6-1-3-7(14)4-2-6/h1-4,8,14H,5H2,(H,13,15)/t8-/m1/s1. The molecule has 16 heavy (non-hydrogen) atoms. The van der Waals surface area contributed by atoms with E-state index in [1.165, 1.54) is 24.3 Å². The maximum Gasteiger partial charge on any atom is 0.408 e. The largest absolute Gasteiger partial charge is 0.508 e. The van der Waals surface area contributed by atoms with Gasteiger partial charge in [0.15, 0.2) is 6.61 Å². The summed E-state index contributed by atoms with van der Waals surface area (Å²) in [6.07, 6.45) is -0.871. The number of phenols is 1. The van der Waals surface area contributed by atoms with Gasteiger partial charge in [-0.2, -0.15) is 0 Å². The average Bonchev–Trinajstić information content (AvgIpc) is 2.23. The van der Waals surface area contributed by atoms with Gasteiger partial charge in [0.2, 0.25) is 0 Å². The Hall–Kier alpha value is -1.85. The Kier molecular flexibility index (Phi) is 2.41. The molecular weight excluding hydrogens is 220 g/mol. The van der Waals surface area contributed by atoms with Gasteiger partial charge in [0.1, 0.15) is 11.8 Å². The summed E-state index contributed by atoms with van der Waals surface area (Å²) in [5.41, 5.74) is 0.222. The van der Waals surface area contributed by atoms with Crippen molar-refractivity contribution in [2.75, 3.05) is 6.61 Å². The van der Waals surface area contributed by atoms with E-state index in [9.17, 15) is 13.6 Å². The number of alkyl carbamates (subject to hydrolysis) is 1. The van der Waals surface area contributed by atoms with Crippen LogP contribution in [0.2, 0.25) is 0 Å². The molecule has 1 aliphatic heterocycles. The number of halogens is 2. The highest BCUT2D eigenvalue weighted by atomic mass is 19.3. The number of hydrogen-bond acceptors (Lipinski definition) is 3. The molecule has 0 spiro atoms. The number of benzene rings is 1. The van der Waals surface area contributed by atoms with Crippen LogP contribution in [0.25, 0.3) is 0 Å². The second kappa shape index (κ2) is 3.62. The number of nitrogens with one attached hydrogen (secondary N) is 1. The maximum absolute atomic E-state index is 13.4. The van der Waals surface area contributed by atoms with E-state index in [0.29, 0.717) is 0 Å². The van der Waals surface area contributed by atoms with Crippen molar-refractivity contribution in [3.63, 3.8) is 0 Å². The van der Waals surface area contributed by atoms with Gasteiger partial charge >= 0.3 is 12.0 Å². The quantitative estimate of drug-likeness (QED) is 0.772. The van der Waals surface area contributed by atoms with E-state index in [1.807, 2.05) is 5.32 Å². The summed E-state index contributed by atoms with van der Waals surface area (Å²) in [6.45, 7) is -0.940. The summed E-state index contributed by atoms with van der Waals surface area (Å²) < 4.78 is 31.1. The Balaban J connectivity index is 2.30. The summed E-state index contributed by atoms with van der Waals surface area (Å²) in [4.78, 5) is 10.9. The molecule has 2 rings (SSSR count). The lowest BCUT2D eigenvalue weighted by molar-refractivity contribution is -0.104. The lowest BCUT2D eigenvalue weighted by Crippen LogP contribution is -2.49. The van der Waals surface area contributed by atoms with Gasteiger partial charge in [-0.25, -0.2) is 13.6 Å². The molecule has 1 saturated heterocycles. The molecule has 0 unspecified atom stereocenters. The first-order valence-corrected chi connectivity index (χ1v) is 4.59. The van der Waals surface area contributed by atoms with Crippen molar-refractivity contribution in [2.45, 2.75) is 12.0 Å². The van der Waals surface area contributed by atoms with Crippen LogP contribution in [0.1, 0.15) is 11.6 Å². The molecule has 0 radical (unpaired) electrons. The number of carbonyl (C=O) groups is 1. The minimum absolute atomic E-state index is 0.0227. The van der Waals surface area contributed by atoms with E-state index in [-0.39, 0.29) is 11.3 Å². The van der Waals surface area contributed by atoms with Crippen LogP contribution in [-0.2, 0) is 4.74 Å². The molecule has 2 N–H and O–H groups in total. The van der Waals surface area contributed by atoms with Crippen molar-refractivity contribution < 1.29 is 23.4 Å². The molecular formula is C10H9F2NO3. The van der Waals surface area contributed by atoms with E-state index in [4.69, 9.17) is 5.11 Å². The highest BCUT2D eigenvalue weighted by molar-refractivity contribution is 5.69. The highest BCUT2D eigenvalue weighted by Gasteiger charge is 2.46. The molecule has 1 atom stereocenters. The monoisotopic (exact) mass is 229 g/mol. The molecule has 86 valence electrons. The maximum atomic E-state index is 13.4. The fourth-order valence-electron chi connectivity index (χ4n) is 1.50. The number of hydrogen-bond donors (Lipinski definition) is 2. The summed E-state index contributed by atoms with van der Waals surface area (Å²) in [6, 6.07) is 3.81. The zero-order chi connectivity index (χ0) is 11.8. The zero-order valence-electron chi connectivity index (χ0n) is 8.11. The molecule has 1 fully saturated rings. The minimum Gasteiger partial charge on any atom is -0.508 e. The van der Waals surface area contributed by atoms with Crippen LogP contribution in [0.3, 0.4) is 0 Å². The fourth-order valence-corrected chi connectivity index (χ4v) is 1.50. The van der Waals surface area contributed by atoms with E-state index < -0.39 is 24.7 Å². The average molecular weight is 229 g/mol. The first-order valence-electron chi connectivity index (χ1n) is 4.59. The minimum atomic E-state index is -3.16.